The number of carbonyl (C=O) groups is 1. The summed E-state index contributed by atoms with van der Waals surface area (Å²) in [7, 11) is 0. The fourth-order valence-electron chi connectivity index (χ4n) is 2.01. The molecule has 4 heteroatoms. The van der Waals surface area contributed by atoms with Gasteiger partial charge in [0.25, 0.3) is 0 Å². The van der Waals surface area contributed by atoms with E-state index in [1.165, 1.54) is 0 Å². The maximum Gasteiger partial charge on any atom is 0.180 e. The van der Waals surface area contributed by atoms with Crippen molar-refractivity contribution < 1.29 is 9.53 Å². The molecule has 1 aromatic carbocycles. The number of ketones is 1. The second-order valence-electron chi connectivity index (χ2n) is 4.21. The van der Waals surface area contributed by atoms with Crippen LogP contribution in [0, 0.1) is 0 Å². The Morgan fingerprint density at radius 2 is 2.29 bits per heavy atom. The van der Waals surface area contributed by atoms with Crippen molar-refractivity contribution in [1.82, 2.24) is 5.32 Å². The lowest BCUT2D eigenvalue weighted by atomic mass is 10.1. The Labute approximate surface area is 101 Å². The first-order valence-corrected chi connectivity index (χ1v) is 6.01. The van der Waals surface area contributed by atoms with Crippen LogP contribution in [0.2, 0.25) is 0 Å². The highest BCUT2D eigenvalue weighted by atomic mass is 16.5. The molecule has 0 aliphatic carbocycles. The van der Waals surface area contributed by atoms with Gasteiger partial charge in [-0.2, -0.15) is 0 Å². The third-order valence-corrected chi connectivity index (χ3v) is 2.92. The largest absolute Gasteiger partial charge is 0.488 e. The number of carbonyl (C=O) groups excluding carboxylic acids is 1. The van der Waals surface area contributed by atoms with Crippen LogP contribution in [-0.2, 0) is 0 Å². The minimum Gasteiger partial charge on any atom is -0.488 e. The zero-order valence-corrected chi connectivity index (χ0v) is 9.82. The van der Waals surface area contributed by atoms with Crippen molar-refractivity contribution in [3.8, 4) is 5.75 Å². The third kappa shape index (κ3) is 3.05. The number of nitrogens with one attached hydrogen (secondary N) is 1. The van der Waals surface area contributed by atoms with Crippen molar-refractivity contribution in [2.75, 3.05) is 19.6 Å². The molecule has 0 spiro atoms. The molecule has 0 aromatic heterocycles. The first-order chi connectivity index (χ1) is 8.31. The van der Waals surface area contributed by atoms with Crippen molar-refractivity contribution in [2.24, 2.45) is 5.73 Å². The molecule has 0 bridgehead atoms. The topological polar surface area (TPSA) is 64.4 Å². The predicted octanol–water partition coefficient (Wildman–Crippen LogP) is 0.959. The van der Waals surface area contributed by atoms with Crippen molar-refractivity contribution >= 4 is 5.78 Å². The van der Waals surface area contributed by atoms with Crippen molar-refractivity contribution in [1.29, 1.82) is 0 Å². The zero-order valence-electron chi connectivity index (χ0n) is 9.82. The van der Waals surface area contributed by atoms with Crippen LogP contribution in [0.3, 0.4) is 0 Å². The van der Waals surface area contributed by atoms with Gasteiger partial charge in [-0.3, -0.25) is 4.79 Å². The molecule has 1 aromatic rings. The van der Waals surface area contributed by atoms with E-state index in [1.807, 2.05) is 18.2 Å². The second-order valence-corrected chi connectivity index (χ2v) is 4.21. The number of ether oxygens (including phenoxy) is 1. The van der Waals surface area contributed by atoms with E-state index in [2.05, 4.69) is 5.32 Å². The van der Waals surface area contributed by atoms with Crippen LogP contribution in [0.4, 0.5) is 0 Å². The number of piperidine rings is 1. The van der Waals surface area contributed by atoms with Gasteiger partial charge in [-0.25, -0.2) is 0 Å². The molecule has 2 rings (SSSR count). The first kappa shape index (κ1) is 12.1. The summed E-state index contributed by atoms with van der Waals surface area (Å²) in [5.41, 5.74) is 5.97. The fourth-order valence-corrected chi connectivity index (χ4v) is 2.01. The van der Waals surface area contributed by atoms with E-state index < -0.39 is 0 Å². The molecule has 1 unspecified atom stereocenters. The van der Waals surface area contributed by atoms with Crippen LogP contribution in [-0.4, -0.2) is 31.5 Å². The SMILES string of the molecule is NCC(=O)c1ccccc1OC1CCCNC1. The van der Waals surface area contributed by atoms with Crippen LogP contribution in [0.5, 0.6) is 5.75 Å². The van der Waals surface area contributed by atoms with Crippen LogP contribution in [0.1, 0.15) is 23.2 Å². The van der Waals surface area contributed by atoms with Gasteiger partial charge in [-0.15, -0.1) is 0 Å². The second kappa shape index (κ2) is 5.80. The standard InChI is InChI=1S/C13H18N2O2/c14-8-12(16)11-5-1-2-6-13(11)17-10-4-3-7-15-9-10/h1-2,5-6,10,15H,3-4,7-9,14H2. The molecule has 1 fully saturated rings. The molecule has 0 amide bonds. The molecular weight excluding hydrogens is 216 g/mol. The third-order valence-electron chi connectivity index (χ3n) is 2.92. The Kier molecular flexibility index (Phi) is 4.12. The molecule has 1 heterocycles. The summed E-state index contributed by atoms with van der Waals surface area (Å²) in [6.07, 6.45) is 2.28. The molecule has 4 nitrogen and oxygen atoms in total. The number of para-hydroxylation sites is 1. The quantitative estimate of drug-likeness (QED) is 0.762. The molecule has 1 aliphatic rings. The van der Waals surface area contributed by atoms with E-state index in [0.29, 0.717) is 11.3 Å². The van der Waals surface area contributed by atoms with Crippen molar-refractivity contribution in [2.45, 2.75) is 18.9 Å². The minimum atomic E-state index is -0.0793. The molecule has 1 saturated heterocycles. The van der Waals surface area contributed by atoms with E-state index in [4.69, 9.17) is 10.5 Å². The summed E-state index contributed by atoms with van der Waals surface area (Å²) in [5.74, 6) is 0.570. The summed E-state index contributed by atoms with van der Waals surface area (Å²) in [6, 6.07) is 7.30. The summed E-state index contributed by atoms with van der Waals surface area (Å²) in [5, 5.41) is 3.28. The predicted molar refractivity (Wildman–Crippen MR) is 66.3 cm³/mol. The number of hydrogen-bond acceptors (Lipinski definition) is 4. The monoisotopic (exact) mass is 234 g/mol. The zero-order chi connectivity index (χ0) is 12.1. The Morgan fingerprint density at radius 3 is 3.00 bits per heavy atom. The number of nitrogens with two attached hydrogens (primary N) is 1. The maximum absolute atomic E-state index is 11.7. The highest BCUT2D eigenvalue weighted by molar-refractivity contribution is 5.99. The van der Waals surface area contributed by atoms with Gasteiger partial charge in [0.1, 0.15) is 11.9 Å². The number of Topliss-reactive ketones (excluding diaryl/α,β-unsaturated/α-hetero) is 1. The van der Waals surface area contributed by atoms with E-state index in [0.717, 1.165) is 25.9 Å². The van der Waals surface area contributed by atoms with E-state index >= 15 is 0 Å². The van der Waals surface area contributed by atoms with Gasteiger partial charge < -0.3 is 15.8 Å². The first-order valence-electron chi connectivity index (χ1n) is 6.01. The van der Waals surface area contributed by atoms with Crippen molar-refractivity contribution in [3.63, 3.8) is 0 Å². The van der Waals surface area contributed by atoms with Gasteiger partial charge >= 0.3 is 0 Å². The number of rotatable bonds is 4. The number of benzene rings is 1. The summed E-state index contributed by atoms with van der Waals surface area (Å²) in [4.78, 5) is 11.7. The van der Waals surface area contributed by atoms with Gasteiger partial charge in [0.05, 0.1) is 12.1 Å². The smallest absolute Gasteiger partial charge is 0.180 e. The highest BCUT2D eigenvalue weighted by Gasteiger charge is 2.17. The van der Waals surface area contributed by atoms with Gasteiger partial charge in [-0.1, -0.05) is 12.1 Å². The highest BCUT2D eigenvalue weighted by Crippen LogP contribution is 2.21. The molecule has 92 valence electrons. The van der Waals surface area contributed by atoms with Crippen LogP contribution in [0.25, 0.3) is 0 Å². The summed E-state index contributed by atoms with van der Waals surface area (Å²) in [6.45, 7) is 1.90. The molecule has 0 radical (unpaired) electrons. The average Bonchev–Trinajstić information content (AvgIpc) is 2.40. The lowest BCUT2D eigenvalue weighted by Crippen LogP contribution is -2.37. The van der Waals surface area contributed by atoms with Gasteiger partial charge in [0.15, 0.2) is 5.78 Å². The van der Waals surface area contributed by atoms with Crippen LogP contribution >= 0.6 is 0 Å². The Morgan fingerprint density at radius 1 is 1.47 bits per heavy atom. The van der Waals surface area contributed by atoms with E-state index in [1.54, 1.807) is 6.07 Å². The van der Waals surface area contributed by atoms with E-state index in [-0.39, 0.29) is 18.4 Å². The average molecular weight is 234 g/mol. The van der Waals surface area contributed by atoms with Crippen LogP contribution in [0.15, 0.2) is 24.3 Å². The minimum absolute atomic E-state index is 0.0172. The summed E-state index contributed by atoms with van der Waals surface area (Å²) >= 11 is 0. The Bertz CT molecular complexity index is 387. The normalized spacial score (nSPS) is 19.9. The van der Waals surface area contributed by atoms with Gasteiger partial charge in [0.2, 0.25) is 0 Å². The fraction of sp³-hybridized carbons (Fsp3) is 0.462. The molecular formula is C13H18N2O2. The molecule has 1 atom stereocenters. The molecule has 1 aliphatic heterocycles. The maximum atomic E-state index is 11.7. The van der Waals surface area contributed by atoms with Crippen molar-refractivity contribution in [3.05, 3.63) is 29.8 Å². The molecule has 3 N–H and O–H groups in total. The Hall–Kier alpha value is -1.39. The van der Waals surface area contributed by atoms with E-state index in [9.17, 15) is 4.79 Å². The molecule has 17 heavy (non-hydrogen) atoms. The lowest BCUT2D eigenvalue weighted by Gasteiger charge is -2.24. The Balaban J connectivity index is 2.11. The number of hydrogen-bond donors (Lipinski definition) is 2. The van der Waals surface area contributed by atoms with Crippen LogP contribution < -0.4 is 15.8 Å². The van der Waals surface area contributed by atoms with Gasteiger partial charge in [-0.05, 0) is 31.5 Å². The summed E-state index contributed by atoms with van der Waals surface area (Å²) < 4.78 is 5.87. The lowest BCUT2D eigenvalue weighted by molar-refractivity contribution is 0.0991. The molecule has 0 saturated carbocycles. The van der Waals surface area contributed by atoms with Gasteiger partial charge in [0, 0.05) is 6.54 Å².